The Morgan fingerprint density at radius 1 is 0.677 bits per heavy atom. The quantitative estimate of drug-likeness (QED) is 0.153. The highest BCUT2D eigenvalue weighted by atomic mass is 16.5. The van der Waals surface area contributed by atoms with E-state index in [1.165, 1.54) is 77.0 Å². The van der Waals surface area contributed by atoms with Crippen LogP contribution in [0.25, 0.3) is 0 Å². The molecule has 0 aliphatic carbocycles. The number of unbranched alkanes of at least 4 members (excludes halogenated alkanes) is 12. The van der Waals surface area contributed by atoms with Crippen molar-refractivity contribution in [1.82, 2.24) is 0 Å². The van der Waals surface area contributed by atoms with Crippen LogP contribution in [0.1, 0.15) is 133 Å². The third kappa shape index (κ3) is 12.8. The molecule has 178 valence electrons. The van der Waals surface area contributed by atoms with E-state index < -0.39 is 0 Å². The molecule has 3 heteroatoms. The Bertz CT molecular complexity index is 567. The van der Waals surface area contributed by atoms with E-state index in [4.69, 9.17) is 9.47 Å². The molecule has 0 aliphatic heterocycles. The van der Waals surface area contributed by atoms with E-state index in [1.54, 1.807) is 0 Å². The molecule has 1 aromatic carbocycles. The molecule has 0 bridgehead atoms. The number of esters is 1. The lowest BCUT2D eigenvalue weighted by Crippen LogP contribution is -2.12. The third-order valence-electron chi connectivity index (χ3n) is 5.77. The summed E-state index contributed by atoms with van der Waals surface area (Å²) in [6.45, 7) is 7.45. The fourth-order valence-electron chi connectivity index (χ4n) is 3.95. The SMILES string of the molecule is CCCCCCCCCCCCCCCc1cccc(OCCC)c1C(=O)OCCC. The lowest BCUT2D eigenvalue weighted by Gasteiger charge is -2.15. The number of carbonyl (C=O) groups excluding carboxylic acids is 1. The maximum absolute atomic E-state index is 12.6. The Labute approximate surface area is 192 Å². The van der Waals surface area contributed by atoms with E-state index >= 15 is 0 Å². The Kier molecular flexibility index (Phi) is 17.0. The first-order valence-corrected chi connectivity index (χ1v) is 13.2. The second-order valence-electron chi connectivity index (χ2n) is 8.77. The molecule has 0 spiro atoms. The van der Waals surface area contributed by atoms with Gasteiger partial charge in [0.1, 0.15) is 11.3 Å². The molecule has 0 saturated carbocycles. The molecular weight excluding hydrogens is 384 g/mol. The summed E-state index contributed by atoms with van der Waals surface area (Å²) in [5.41, 5.74) is 1.71. The zero-order valence-corrected chi connectivity index (χ0v) is 20.7. The second kappa shape index (κ2) is 19.2. The number of rotatable bonds is 20. The smallest absolute Gasteiger partial charge is 0.342 e. The highest BCUT2D eigenvalue weighted by Crippen LogP contribution is 2.26. The van der Waals surface area contributed by atoms with Crippen LogP contribution in [0.2, 0.25) is 0 Å². The summed E-state index contributed by atoms with van der Waals surface area (Å²) < 4.78 is 11.3. The summed E-state index contributed by atoms with van der Waals surface area (Å²) in [6, 6.07) is 5.95. The number of carbonyl (C=O) groups is 1. The number of hydrogen-bond acceptors (Lipinski definition) is 3. The van der Waals surface area contributed by atoms with Gasteiger partial charge in [-0.05, 0) is 37.3 Å². The number of benzene rings is 1. The molecule has 0 amide bonds. The normalized spacial score (nSPS) is 10.9. The number of hydrogen-bond donors (Lipinski definition) is 0. The Morgan fingerprint density at radius 3 is 1.77 bits per heavy atom. The average molecular weight is 433 g/mol. The van der Waals surface area contributed by atoms with Crippen molar-refractivity contribution in [2.45, 2.75) is 124 Å². The zero-order valence-electron chi connectivity index (χ0n) is 20.7. The minimum absolute atomic E-state index is 0.238. The molecule has 0 heterocycles. The van der Waals surface area contributed by atoms with Crippen molar-refractivity contribution >= 4 is 5.97 Å². The topological polar surface area (TPSA) is 35.5 Å². The molecular formula is C28H48O3. The Hall–Kier alpha value is -1.51. The van der Waals surface area contributed by atoms with Crippen LogP contribution in [0.3, 0.4) is 0 Å². The summed E-state index contributed by atoms with van der Waals surface area (Å²) in [7, 11) is 0. The molecule has 0 atom stereocenters. The van der Waals surface area contributed by atoms with Crippen LogP contribution in [-0.4, -0.2) is 19.2 Å². The Morgan fingerprint density at radius 2 is 1.23 bits per heavy atom. The third-order valence-corrected chi connectivity index (χ3v) is 5.77. The number of ether oxygens (including phenoxy) is 2. The van der Waals surface area contributed by atoms with Gasteiger partial charge in [-0.15, -0.1) is 0 Å². The molecule has 3 nitrogen and oxygen atoms in total. The lowest BCUT2D eigenvalue weighted by atomic mass is 9.99. The van der Waals surface area contributed by atoms with Gasteiger partial charge in [-0.25, -0.2) is 4.79 Å². The molecule has 0 aromatic heterocycles. The molecule has 1 rings (SSSR count). The van der Waals surface area contributed by atoms with Gasteiger partial charge in [-0.1, -0.05) is 110 Å². The summed E-state index contributed by atoms with van der Waals surface area (Å²) in [6.07, 6.45) is 20.2. The monoisotopic (exact) mass is 432 g/mol. The van der Waals surface area contributed by atoms with Crippen LogP contribution in [0.15, 0.2) is 18.2 Å². The van der Waals surface area contributed by atoms with E-state index in [0.717, 1.165) is 31.2 Å². The van der Waals surface area contributed by atoms with Crippen molar-refractivity contribution in [3.63, 3.8) is 0 Å². The summed E-state index contributed by atoms with van der Waals surface area (Å²) in [4.78, 5) is 12.6. The molecule has 0 radical (unpaired) electrons. The molecule has 0 N–H and O–H groups in total. The lowest BCUT2D eigenvalue weighted by molar-refractivity contribution is 0.0499. The minimum Gasteiger partial charge on any atom is -0.493 e. The van der Waals surface area contributed by atoms with Gasteiger partial charge in [0.05, 0.1) is 13.2 Å². The number of aryl methyl sites for hydroxylation is 1. The van der Waals surface area contributed by atoms with Gasteiger partial charge in [0.2, 0.25) is 0 Å². The molecule has 31 heavy (non-hydrogen) atoms. The average Bonchev–Trinajstić information content (AvgIpc) is 2.79. The van der Waals surface area contributed by atoms with Crippen LogP contribution in [0, 0.1) is 0 Å². The highest BCUT2D eigenvalue weighted by Gasteiger charge is 2.18. The van der Waals surface area contributed by atoms with Crippen LogP contribution >= 0.6 is 0 Å². The van der Waals surface area contributed by atoms with E-state index in [0.29, 0.717) is 24.5 Å². The van der Waals surface area contributed by atoms with Gasteiger partial charge in [0.25, 0.3) is 0 Å². The fourth-order valence-corrected chi connectivity index (χ4v) is 3.95. The predicted octanol–water partition coefficient (Wildman–Crippen LogP) is 8.68. The van der Waals surface area contributed by atoms with E-state index in [-0.39, 0.29) is 5.97 Å². The summed E-state index contributed by atoms with van der Waals surface area (Å²) in [5.74, 6) is 0.438. The fraction of sp³-hybridized carbons (Fsp3) is 0.750. The minimum atomic E-state index is -0.238. The molecule has 0 aliphatic rings. The first-order valence-electron chi connectivity index (χ1n) is 13.2. The van der Waals surface area contributed by atoms with Crippen molar-refractivity contribution in [2.75, 3.05) is 13.2 Å². The zero-order chi connectivity index (χ0) is 22.6. The molecule has 1 aromatic rings. The molecule has 0 unspecified atom stereocenters. The summed E-state index contributed by atoms with van der Waals surface area (Å²) >= 11 is 0. The maximum atomic E-state index is 12.6. The van der Waals surface area contributed by atoms with Crippen molar-refractivity contribution in [3.8, 4) is 5.75 Å². The molecule has 0 saturated heterocycles. The van der Waals surface area contributed by atoms with Crippen molar-refractivity contribution in [2.24, 2.45) is 0 Å². The van der Waals surface area contributed by atoms with Crippen LogP contribution in [0.4, 0.5) is 0 Å². The molecule has 0 fully saturated rings. The summed E-state index contributed by atoms with van der Waals surface area (Å²) in [5, 5.41) is 0. The van der Waals surface area contributed by atoms with Crippen molar-refractivity contribution in [3.05, 3.63) is 29.3 Å². The first-order chi connectivity index (χ1) is 15.2. The Balaban J connectivity index is 2.30. The van der Waals surface area contributed by atoms with E-state index in [2.05, 4.69) is 19.9 Å². The predicted molar refractivity (Wildman–Crippen MR) is 132 cm³/mol. The van der Waals surface area contributed by atoms with E-state index in [1.807, 2.05) is 19.1 Å². The maximum Gasteiger partial charge on any atom is 0.342 e. The van der Waals surface area contributed by atoms with Gasteiger partial charge in [0, 0.05) is 0 Å². The van der Waals surface area contributed by atoms with Crippen molar-refractivity contribution in [1.29, 1.82) is 0 Å². The van der Waals surface area contributed by atoms with Gasteiger partial charge < -0.3 is 9.47 Å². The van der Waals surface area contributed by atoms with Gasteiger partial charge in [0.15, 0.2) is 0 Å². The van der Waals surface area contributed by atoms with Crippen molar-refractivity contribution < 1.29 is 14.3 Å². The second-order valence-corrected chi connectivity index (χ2v) is 8.77. The van der Waals surface area contributed by atoms with E-state index in [9.17, 15) is 4.79 Å². The van der Waals surface area contributed by atoms with Crippen LogP contribution in [0.5, 0.6) is 5.75 Å². The standard InChI is InChI=1S/C28H48O3/c1-4-7-8-9-10-11-12-13-14-15-16-17-18-20-25-21-19-22-26(30-23-5-2)27(25)28(29)31-24-6-3/h19,21-22H,4-18,20,23-24H2,1-3H3. The van der Waals surface area contributed by atoms with Gasteiger partial charge in [-0.3, -0.25) is 0 Å². The highest BCUT2D eigenvalue weighted by molar-refractivity contribution is 5.94. The van der Waals surface area contributed by atoms with Crippen LogP contribution in [-0.2, 0) is 11.2 Å². The first kappa shape index (κ1) is 27.5. The van der Waals surface area contributed by atoms with Gasteiger partial charge in [-0.2, -0.15) is 0 Å². The largest absolute Gasteiger partial charge is 0.493 e. The van der Waals surface area contributed by atoms with Crippen LogP contribution < -0.4 is 4.74 Å². The van der Waals surface area contributed by atoms with Gasteiger partial charge >= 0.3 is 5.97 Å².